The second kappa shape index (κ2) is 5.94. The Morgan fingerprint density at radius 1 is 1.31 bits per heavy atom. The molecule has 1 aromatic carbocycles. The van der Waals surface area contributed by atoms with E-state index < -0.39 is 12.0 Å². The van der Waals surface area contributed by atoms with Crippen LogP contribution in [0, 0.1) is 0 Å². The monoisotopic (exact) mass is 226 g/mol. The van der Waals surface area contributed by atoms with Crippen molar-refractivity contribution in [2.75, 3.05) is 0 Å². The van der Waals surface area contributed by atoms with Crippen molar-refractivity contribution >= 4 is 18.2 Å². The van der Waals surface area contributed by atoms with Gasteiger partial charge in [0.1, 0.15) is 0 Å². The molecular formula is C11H9NNaO3+. The standard InChI is InChI=1S/C11H9NO3.Na/c13-7-9-11(14)15-10(12-9)6-8-4-2-1-3-5-8;/h1-5,7,9H,6H2;/q;+1. The Morgan fingerprint density at radius 2 is 2.00 bits per heavy atom. The summed E-state index contributed by atoms with van der Waals surface area (Å²) in [4.78, 5) is 25.3. The molecule has 0 aromatic heterocycles. The summed E-state index contributed by atoms with van der Waals surface area (Å²) < 4.78 is 4.85. The van der Waals surface area contributed by atoms with Crippen LogP contribution < -0.4 is 29.6 Å². The average Bonchev–Trinajstić information content (AvgIpc) is 2.60. The smallest absolute Gasteiger partial charge is 0.410 e. The first-order chi connectivity index (χ1) is 7.29. The molecule has 0 fully saturated rings. The quantitative estimate of drug-likeness (QED) is 0.253. The summed E-state index contributed by atoms with van der Waals surface area (Å²) in [6, 6.07) is 8.53. The number of ether oxygens (including phenoxy) is 1. The Bertz CT molecular complexity index is 416. The number of esters is 1. The fourth-order valence-electron chi connectivity index (χ4n) is 1.35. The van der Waals surface area contributed by atoms with E-state index in [1.807, 2.05) is 30.3 Å². The first-order valence-electron chi connectivity index (χ1n) is 4.57. The van der Waals surface area contributed by atoms with Crippen molar-refractivity contribution in [3.63, 3.8) is 0 Å². The molecule has 0 amide bonds. The molecule has 1 aliphatic heterocycles. The molecule has 0 saturated heterocycles. The van der Waals surface area contributed by atoms with Crippen molar-refractivity contribution in [2.45, 2.75) is 12.5 Å². The maximum Gasteiger partial charge on any atom is 1.00 e. The normalized spacial score (nSPS) is 18.4. The van der Waals surface area contributed by atoms with E-state index in [1.165, 1.54) is 0 Å². The van der Waals surface area contributed by atoms with Gasteiger partial charge in [-0.1, -0.05) is 30.3 Å². The number of benzene rings is 1. The second-order valence-electron chi connectivity index (χ2n) is 3.19. The zero-order valence-corrected chi connectivity index (χ0v) is 10.9. The summed E-state index contributed by atoms with van der Waals surface area (Å²) in [5, 5.41) is 0. The number of nitrogens with zero attached hydrogens (tertiary/aromatic N) is 1. The molecule has 1 aliphatic rings. The van der Waals surface area contributed by atoms with Crippen LogP contribution in [-0.4, -0.2) is 24.2 Å². The summed E-state index contributed by atoms with van der Waals surface area (Å²) in [5.41, 5.74) is 0.996. The number of aldehydes is 1. The molecule has 0 radical (unpaired) electrons. The minimum Gasteiger partial charge on any atom is -0.410 e. The predicted molar refractivity (Wildman–Crippen MR) is 53.5 cm³/mol. The molecule has 0 spiro atoms. The maximum atomic E-state index is 11.0. The van der Waals surface area contributed by atoms with Crippen molar-refractivity contribution in [2.24, 2.45) is 4.99 Å². The van der Waals surface area contributed by atoms with E-state index >= 15 is 0 Å². The third-order valence-electron chi connectivity index (χ3n) is 2.07. The molecule has 1 heterocycles. The Kier molecular flexibility index (Phi) is 4.86. The number of rotatable bonds is 3. The van der Waals surface area contributed by atoms with Crippen LogP contribution in [-0.2, 0) is 20.7 Å². The van der Waals surface area contributed by atoms with E-state index in [0.29, 0.717) is 18.6 Å². The Morgan fingerprint density at radius 3 is 2.56 bits per heavy atom. The second-order valence-corrected chi connectivity index (χ2v) is 3.19. The fourth-order valence-corrected chi connectivity index (χ4v) is 1.35. The van der Waals surface area contributed by atoms with Gasteiger partial charge in [0.25, 0.3) is 0 Å². The van der Waals surface area contributed by atoms with Crippen LogP contribution in [0.15, 0.2) is 35.3 Å². The van der Waals surface area contributed by atoms with E-state index in [4.69, 9.17) is 4.74 Å². The minimum absolute atomic E-state index is 0. The van der Waals surface area contributed by atoms with E-state index in [-0.39, 0.29) is 29.6 Å². The van der Waals surface area contributed by atoms with Crippen LogP contribution in [0.3, 0.4) is 0 Å². The average molecular weight is 226 g/mol. The van der Waals surface area contributed by atoms with Crippen molar-refractivity contribution in [3.05, 3.63) is 35.9 Å². The third kappa shape index (κ3) is 3.01. The molecule has 0 bridgehead atoms. The molecular weight excluding hydrogens is 217 g/mol. The molecule has 1 atom stereocenters. The molecule has 5 heteroatoms. The Hall–Kier alpha value is -0.970. The van der Waals surface area contributed by atoms with Gasteiger partial charge in [0.15, 0.2) is 12.2 Å². The number of carbonyl (C=O) groups excluding carboxylic acids is 2. The van der Waals surface area contributed by atoms with Crippen LogP contribution in [0.4, 0.5) is 0 Å². The van der Waals surface area contributed by atoms with Gasteiger partial charge in [0.05, 0.1) is 0 Å². The van der Waals surface area contributed by atoms with Gasteiger partial charge >= 0.3 is 35.5 Å². The van der Waals surface area contributed by atoms with Crippen LogP contribution in [0.25, 0.3) is 0 Å². The molecule has 0 N–H and O–H groups in total. The van der Waals surface area contributed by atoms with Gasteiger partial charge in [0, 0.05) is 6.42 Å². The molecule has 1 unspecified atom stereocenters. The van der Waals surface area contributed by atoms with Gasteiger partial charge in [0.2, 0.25) is 6.04 Å². The minimum atomic E-state index is -0.969. The van der Waals surface area contributed by atoms with Crippen molar-refractivity contribution in [1.82, 2.24) is 0 Å². The fraction of sp³-hybridized carbons (Fsp3) is 0.182. The number of hydrogen-bond acceptors (Lipinski definition) is 4. The van der Waals surface area contributed by atoms with Gasteiger partial charge in [-0.15, -0.1) is 0 Å². The first kappa shape index (κ1) is 13.1. The number of aliphatic imine (C=N–C) groups is 1. The van der Waals surface area contributed by atoms with E-state index in [0.717, 1.165) is 5.56 Å². The zero-order chi connectivity index (χ0) is 10.7. The zero-order valence-electron chi connectivity index (χ0n) is 8.92. The van der Waals surface area contributed by atoms with E-state index in [1.54, 1.807) is 0 Å². The van der Waals surface area contributed by atoms with Crippen molar-refractivity contribution in [1.29, 1.82) is 0 Å². The summed E-state index contributed by atoms with van der Waals surface area (Å²) in [7, 11) is 0. The van der Waals surface area contributed by atoms with Gasteiger partial charge in [-0.05, 0) is 5.56 Å². The van der Waals surface area contributed by atoms with Crippen LogP contribution in [0.1, 0.15) is 5.56 Å². The molecule has 76 valence electrons. The van der Waals surface area contributed by atoms with E-state index in [9.17, 15) is 9.59 Å². The summed E-state index contributed by atoms with van der Waals surface area (Å²) >= 11 is 0. The number of carbonyl (C=O) groups is 2. The molecule has 4 nitrogen and oxygen atoms in total. The third-order valence-corrected chi connectivity index (χ3v) is 2.07. The summed E-state index contributed by atoms with van der Waals surface area (Å²) in [5.74, 6) is -0.278. The first-order valence-corrected chi connectivity index (χ1v) is 4.57. The maximum absolute atomic E-state index is 11.0. The van der Waals surface area contributed by atoms with Gasteiger partial charge in [-0.3, -0.25) is 0 Å². The van der Waals surface area contributed by atoms with Crippen LogP contribution in [0.2, 0.25) is 0 Å². The Balaban J connectivity index is 0.00000128. The van der Waals surface area contributed by atoms with Crippen molar-refractivity contribution < 1.29 is 43.9 Å². The largest absolute Gasteiger partial charge is 1.00 e. The van der Waals surface area contributed by atoms with Gasteiger partial charge < -0.3 is 9.53 Å². The SMILES string of the molecule is O=CC1N=C(Cc2ccccc2)OC1=O.[Na+]. The summed E-state index contributed by atoms with van der Waals surface area (Å²) in [6.45, 7) is 0. The van der Waals surface area contributed by atoms with Gasteiger partial charge in [-0.25, -0.2) is 9.79 Å². The number of hydrogen-bond donors (Lipinski definition) is 0. The van der Waals surface area contributed by atoms with Crippen LogP contribution in [0.5, 0.6) is 0 Å². The summed E-state index contributed by atoms with van der Waals surface area (Å²) in [6.07, 6.45) is 0.928. The Labute approximate surface area is 115 Å². The van der Waals surface area contributed by atoms with Crippen LogP contribution >= 0.6 is 0 Å². The van der Waals surface area contributed by atoms with E-state index in [2.05, 4.69) is 4.99 Å². The molecule has 1 aromatic rings. The van der Waals surface area contributed by atoms with Crippen molar-refractivity contribution in [3.8, 4) is 0 Å². The predicted octanol–water partition coefficient (Wildman–Crippen LogP) is -2.24. The molecule has 16 heavy (non-hydrogen) atoms. The topological polar surface area (TPSA) is 55.7 Å². The molecule has 0 aliphatic carbocycles. The molecule has 0 saturated carbocycles. The van der Waals surface area contributed by atoms with Gasteiger partial charge in [-0.2, -0.15) is 0 Å². The molecule has 2 rings (SSSR count). The number of cyclic esters (lactones) is 1.